The molecule has 0 bridgehead atoms. The normalized spacial score (nSPS) is 11.7. The van der Waals surface area contributed by atoms with Crippen LogP contribution in [0.4, 0.5) is 0 Å². The first-order chi connectivity index (χ1) is 14.0. The summed E-state index contributed by atoms with van der Waals surface area (Å²) < 4.78 is 16.7. The van der Waals surface area contributed by atoms with Crippen molar-refractivity contribution in [1.29, 1.82) is 0 Å². The minimum absolute atomic E-state index is 0.0406. The maximum absolute atomic E-state index is 11.7. The maximum Gasteiger partial charge on any atom is 0.305 e. The molecule has 156 valence electrons. The molecule has 1 unspecified atom stereocenters. The Balaban J connectivity index is 1.87. The van der Waals surface area contributed by atoms with Crippen molar-refractivity contribution in [2.75, 3.05) is 19.8 Å². The standard InChI is InChI=1S/C24H30O5/c1-4-28-24(26)14-9-15-29-23-13-8-7-11-21(23)18(2)16-27-17-20-10-5-6-12-22(20)19(3)25/h5-8,10-13,18H,4,9,14-17H2,1-3H3. The molecule has 0 saturated heterocycles. The van der Waals surface area contributed by atoms with Gasteiger partial charge in [0.1, 0.15) is 5.75 Å². The van der Waals surface area contributed by atoms with E-state index in [1.807, 2.05) is 48.5 Å². The molecule has 0 saturated carbocycles. The Bertz CT molecular complexity index is 799. The highest BCUT2D eigenvalue weighted by molar-refractivity contribution is 5.95. The summed E-state index contributed by atoms with van der Waals surface area (Å²) in [7, 11) is 0. The Morgan fingerprint density at radius 2 is 1.76 bits per heavy atom. The van der Waals surface area contributed by atoms with E-state index in [1.54, 1.807) is 13.8 Å². The Morgan fingerprint density at radius 3 is 2.52 bits per heavy atom. The predicted octanol–water partition coefficient (Wildman–Crippen LogP) is 4.93. The van der Waals surface area contributed by atoms with Crippen molar-refractivity contribution >= 4 is 11.8 Å². The van der Waals surface area contributed by atoms with E-state index in [9.17, 15) is 9.59 Å². The number of ether oxygens (including phenoxy) is 3. The minimum atomic E-state index is -0.197. The van der Waals surface area contributed by atoms with E-state index in [0.717, 1.165) is 16.9 Å². The van der Waals surface area contributed by atoms with Gasteiger partial charge in [0.25, 0.3) is 0 Å². The molecule has 5 heteroatoms. The number of para-hydroxylation sites is 1. The summed E-state index contributed by atoms with van der Waals surface area (Å²) in [4.78, 5) is 23.1. The number of hydrogen-bond donors (Lipinski definition) is 0. The third kappa shape index (κ3) is 7.35. The van der Waals surface area contributed by atoms with E-state index >= 15 is 0 Å². The number of rotatable bonds is 12. The largest absolute Gasteiger partial charge is 0.493 e. The van der Waals surface area contributed by atoms with Gasteiger partial charge in [-0.05, 0) is 37.5 Å². The van der Waals surface area contributed by atoms with Crippen molar-refractivity contribution in [3.05, 3.63) is 65.2 Å². The minimum Gasteiger partial charge on any atom is -0.493 e. The molecule has 1 atom stereocenters. The third-order valence-corrected chi connectivity index (χ3v) is 4.56. The van der Waals surface area contributed by atoms with E-state index in [-0.39, 0.29) is 17.7 Å². The van der Waals surface area contributed by atoms with E-state index in [4.69, 9.17) is 14.2 Å². The van der Waals surface area contributed by atoms with Crippen molar-refractivity contribution in [3.8, 4) is 5.75 Å². The highest BCUT2D eigenvalue weighted by Crippen LogP contribution is 2.27. The molecule has 29 heavy (non-hydrogen) atoms. The molecule has 0 N–H and O–H groups in total. The first kappa shape index (κ1) is 22.6. The van der Waals surface area contributed by atoms with Crippen molar-refractivity contribution in [2.24, 2.45) is 0 Å². The van der Waals surface area contributed by atoms with Crippen LogP contribution in [-0.4, -0.2) is 31.6 Å². The molecule has 0 aliphatic heterocycles. The van der Waals surface area contributed by atoms with E-state index in [1.165, 1.54) is 0 Å². The van der Waals surface area contributed by atoms with Crippen LogP contribution in [0.3, 0.4) is 0 Å². The Kier molecular flexibility index (Phi) is 9.38. The monoisotopic (exact) mass is 398 g/mol. The van der Waals surface area contributed by atoms with Crippen molar-refractivity contribution < 1.29 is 23.8 Å². The summed E-state index contributed by atoms with van der Waals surface area (Å²) in [6.45, 7) is 7.20. The first-order valence-electron chi connectivity index (χ1n) is 10.1. The summed E-state index contributed by atoms with van der Waals surface area (Å²) in [6.07, 6.45) is 0.962. The molecule has 2 aromatic rings. The molecule has 0 heterocycles. The summed E-state index contributed by atoms with van der Waals surface area (Å²) in [5, 5.41) is 0. The highest BCUT2D eigenvalue weighted by Gasteiger charge is 2.13. The van der Waals surface area contributed by atoms with E-state index in [0.29, 0.717) is 44.8 Å². The SMILES string of the molecule is CCOC(=O)CCCOc1ccccc1C(C)COCc1ccccc1C(C)=O. The fourth-order valence-corrected chi connectivity index (χ4v) is 3.08. The average Bonchev–Trinajstić information content (AvgIpc) is 2.72. The van der Waals surface area contributed by atoms with Gasteiger partial charge in [-0.2, -0.15) is 0 Å². The van der Waals surface area contributed by atoms with Crippen LogP contribution in [0, 0.1) is 0 Å². The molecule has 0 aliphatic rings. The van der Waals surface area contributed by atoms with Crippen LogP contribution in [0.2, 0.25) is 0 Å². The molecule has 0 radical (unpaired) electrons. The van der Waals surface area contributed by atoms with Gasteiger partial charge in [-0.15, -0.1) is 0 Å². The lowest BCUT2D eigenvalue weighted by Crippen LogP contribution is -2.10. The molecule has 0 aliphatic carbocycles. The Labute approximate surface area is 173 Å². The van der Waals surface area contributed by atoms with Gasteiger partial charge in [0.05, 0.1) is 26.4 Å². The zero-order valence-corrected chi connectivity index (χ0v) is 17.5. The van der Waals surface area contributed by atoms with E-state index in [2.05, 4.69) is 6.92 Å². The quantitative estimate of drug-likeness (QED) is 0.288. The smallest absolute Gasteiger partial charge is 0.305 e. The molecular weight excluding hydrogens is 368 g/mol. The van der Waals surface area contributed by atoms with Crippen LogP contribution in [0.25, 0.3) is 0 Å². The molecule has 2 aromatic carbocycles. The van der Waals surface area contributed by atoms with Crippen molar-refractivity contribution in [3.63, 3.8) is 0 Å². The number of carbonyl (C=O) groups excluding carboxylic acids is 2. The van der Waals surface area contributed by atoms with Gasteiger partial charge in [0.2, 0.25) is 0 Å². The second kappa shape index (κ2) is 12.0. The topological polar surface area (TPSA) is 61.8 Å². The Hall–Kier alpha value is -2.66. The number of Topliss-reactive ketones (excluding diaryl/α,β-unsaturated/α-hetero) is 1. The van der Waals surface area contributed by atoms with Gasteiger partial charge in [-0.25, -0.2) is 0 Å². The number of benzene rings is 2. The Morgan fingerprint density at radius 1 is 1.03 bits per heavy atom. The van der Waals surface area contributed by atoms with Gasteiger partial charge in [0, 0.05) is 17.9 Å². The van der Waals surface area contributed by atoms with Gasteiger partial charge in [-0.3, -0.25) is 9.59 Å². The lowest BCUT2D eigenvalue weighted by molar-refractivity contribution is -0.143. The molecule has 0 aromatic heterocycles. The van der Waals surface area contributed by atoms with Crippen LogP contribution in [0.5, 0.6) is 5.75 Å². The zero-order valence-electron chi connectivity index (χ0n) is 17.5. The van der Waals surface area contributed by atoms with Crippen molar-refractivity contribution in [1.82, 2.24) is 0 Å². The summed E-state index contributed by atoms with van der Waals surface area (Å²) >= 11 is 0. The lowest BCUT2D eigenvalue weighted by atomic mass is 10.0. The summed E-state index contributed by atoms with van der Waals surface area (Å²) in [5.41, 5.74) is 2.66. The second-order valence-corrected chi connectivity index (χ2v) is 6.92. The summed E-state index contributed by atoms with van der Waals surface area (Å²) in [6, 6.07) is 15.4. The third-order valence-electron chi connectivity index (χ3n) is 4.56. The molecule has 0 amide bonds. The highest BCUT2D eigenvalue weighted by atomic mass is 16.5. The maximum atomic E-state index is 11.7. The van der Waals surface area contributed by atoms with Crippen LogP contribution in [-0.2, 0) is 20.9 Å². The molecular formula is C24H30O5. The number of carbonyl (C=O) groups is 2. The van der Waals surface area contributed by atoms with Gasteiger partial charge in [0.15, 0.2) is 5.78 Å². The van der Waals surface area contributed by atoms with Crippen molar-refractivity contribution in [2.45, 2.75) is 46.1 Å². The lowest BCUT2D eigenvalue weighted by Gasteiger charge is -2.17. The molecule has 0 fully saturated rings. The fourth-order valence-electron chi connectivity index (χ4n) is 3.08. The summed E-state index contributed by atoms with van der Waals surface area (Å²) in [5.74, 6) is 0.771. The van der Waals surface area contributed by atoms with Gasteiger partial charge >= 0.3 is 5.97 Å². The van der Waals surface area contributed by atoms with Crippen LogP contribution in [0.15, 0.2) is 48.5 Å². The predicted molar refractivity (Wildman–Crippen MR) is 112 cm³/mol. The molecule has 2 rings (SSSR count). The number of ketones is 1. The fraction of sp³-hybridized carbons (Fsp3) is 0.417. The molecule has 5 nitrogen and oxygen atoms in total. The van der Waals surface area contributed by atoms with Crippen LogP contribution >= 0.6 is 0 Å². The molecule has 0 spiro atoms. The number of hydrogen-bond acceptors (Lipinski definition) is 5. The number of esters is 1. The van der Waals surface area contributed by atoms with Gasteiger partial charge < -0.3 is 14.2 Å². The zero-order chi connectivity index (χ0) is 21.1. The van der Waals surface area contributed by atoms with E-state index < -0.39 is 0 Å². The van der Waals surface area contributed by atoms with Crippen LogP contribution < -0.4 is 4.74 Å². The second-order valence-electron chi connectivity index (χ2n) is 6.92. The van der Waals surface area contributed by atoms with Crippen LogP contribution in [0.1, 0.15) is 61.0 Å². The average molecular weight is 398 g/mol. The van der Waals surface area contributed by atoms with Gasteiger partial charge in [-0.1, -0.05) is 49.4 Å². The first-order valence-corrected chi connectivity index (χ1v) is 10.1.